The lowest BCUT2D eigenvalue weighted by Crippen LogP contribution is -2.42. The van der Waals surface area contributed by atoms with Crippen LogP contribution in [0, 0.1) is 0 Å². The molecular formula is C14H19N5O2S. The van der Waals surface area contributed by atoms with Crippen molar-refractivity contribution in [2.45, 2.75) is 19.5 Å². The molecule has 1 fully saturated rings. The first-order chi connectivity index (χ1) is 10.7. The van der Waals surface area contributed by atoms with Gasteiger partial charge in [-0.25, -0.2) is 4.98 Å². The number of amides is 1. The summed E-state index contributed by atoms with van der Waals surface area (Å²) in [4.78, 5) is 18.3. The minimum atomic E-state index is 0.0749. The van der Waals surface area contributed by atoms with E-state index in [4.69, 9.17) is 4.74 Å². The standard InChI is InChI=1S/C14H19N5O2S/c1-11(14-15-3-9-22-14)16-12-2-4-19(17-12)10-13(20)18-5-7-21-8-6-18/h2-4,9,11H,5-8,10H2,1H3,(H,16,17). The van der Waals surface area contributed by atoms with Gasteiger partial charge in [0.25, 0.3) is 0 Å². The summed E-state index contributed by atoms with van der Waals surface area (Å²) in [6.45, 7) is 4.84. The first kappa shape index (κ1) is 15.0. The van der Waals surface area contributed by atoms with Gasteiger partial charge < -0.3 is 15.0 Å². The number of anilines is 1. The highest BCUT2D eigenvalue weighted by molar-refractivity contribution is 7.09. The molecule has 2 aromatic heterocycles. The maximum atomic E-state index is 12.2. The third-order valence-corrected chi connectivity index (χ3v) is 4.45. The van der Waals surface area contributed by atoms with Crippen molar-refractivity contribution in [3.05, 3.63) is 28.8 Å². The maximum Gasteiger partial charge on any atom is 0.244 e. The quantitative estimate of drug-likeness (QED) is 0.900. The van der Waals surface area contributed by atoms with Crippen molar-refractivity contribution < 1.29 is 9.53 Å². The van der Waals surface area contributed by atoms with Gasteiger partial charge in [0, 0.05) is 36.9 Å². The van der Waals surface area contributed by atoms with E-state index in [-0.39, 0.29) is 18.5 Å². The normalized spacial score (nSPS) is 16.5. The molecule has 22 heavy (non-hydrogen) atoms. The lowest BCUT2D eigenvalue weighted by molar-refractivity contribution is -0.136. The van der Waals surface area contributed by atoms with Gasteiger partial charge in [-0.05, 0) is 6.92 Å². The SMILES string of the molecule is CC(Nc1ccn(CC(=O)N2CCOCC2)n1)c1nccs1. The number of ether oxygens (including phenoxy) is 1. The number of aromatic nitrogens is 3. The van der Waals surface area contributed by atoms with Crippen molar-refractivity contribution in [3.63, 3.8) is 0 Å². The number of thiazole rings is 1. The Bertz CT molecular complexity index is 607. The molecule has 0 radical (unpaired) electrons. The van der Waals surface area contributed by atoms with E-state index in [2.05, 4.69) is 15.4 Å². The summed E-state index contributed by atoms with van der Waals surface area (Å²) in [5.74, 6) is 0.823. The molecule has 0 saturated carbocycles. The van der Waals surface area contributed by atoms with Crippen LogP contribution < -0.4 is 5.32 Å². The van der Waals surface area contributed by atoms with E-state index in [1.165, 1.54) is 0 Å². The fraction of sp³-hybridized carbons (Fsp3) is 0.500. The maximum absolute atomic E-state index is 12.2. The molecule has 3 rings (SSSR count). The van der Waals surface area contributed by atoms with E-state index in [1.807, 2.05) is 29.5 Å². The van der Waals surface area contributed by atoms with Crippen LogP contribution in [0.2, 0.25) is 0 Å². The number of hydrogen-bond donors (Lipinski definition) is 1. The molecular weight excluding hydrogens is 302 g/mol. The Hall–Kier alpha value is -1.93. The molecule has 3 heterocycles. The molecule has 1 atom stereocenters. The molecule has 7 nitrogen and oxygen atoms in total. The Balaban J connectivity index is 1.55. The number of carbonyl (C=O) groups is 1. The second-order valence-corrected chi connectivity index (χ2v) is 6.05. The first-order valence-corrected chi connectivity index (χ1v) is 8.15. The van der Waals surface area contributed by atoms with E-state index < -0.39 is 0 Å². The van der Waals surface area contributed by atoms with Crippen molar-refractivity contribution in [2.24, 2.45) is 0 Å². The number of nitrogens with one attached hydrogen (secondary N) is 1. The third kappa shape index (κ3) is 3.63. The molecule has 0 aliphatic carbocycles. The van der Waals surface area contributed by atoms with Gasteiger partial charge in [-0.3, -0.25) is 9.48 Å². The summed E-state index contributed by atoms with van der Waals surface area (Å²) in [7, 11) is 0. The van der Waals surface area contributed by atoms with Crippen LogP contribution in [-0.2, 0) is 16.1 Å². The van der Waals surface area contributed by atoms with E-state index in [0.29, 0.717) is 26.3 Å². The minimum Gasteiger partial charge on any atom is -0.378 e. The largest absolute Gasteiger partial charge is 0.378 e. The van der Waals surface area contributed by atoms with E-state index >= 15 is 0 Å². The second kappa shape index (κ2) is 6.89. The summed E-state index contributed by atoms with van der Waals surface area (Å²) in [6.07, 6.45) is 3.60. The van der Waals surface area contributed by atoms with Crippen molar-refractivity contribution >= 4 is 23.1 Å². The summed E-state index contributed by atoms with van der Waals surface area (Å²) >= 11 is 1.61. The Morgan fingerprint density at radius 1 is 1.50 bits per heavy atom. The Morgan fingerprint density at radius 2 is 2.32 bits per heavy atom. The van der Waals surface area contributed by atoms with E-state index in [9.17, 15) is 4.79 Å². The summed E-state index contributed by atoms with van der Waals surface area (Å²) in [5, 5.41) is 10.7. The predicted molar refractivity (Wildman–Crippen MR) is 83.8 cm³/mol. The zero-order valence-electron chi connectivity index (χ0n) is 12.4. The molecule has 1 saturated heterocycles. The van der Waals surface area contributed by atoms with Gasteiger partial charge in [-0.1, -0.05) is 0 Å². The zero-order valence-corrected chi connectivity index (χ0v) is 13.3. The molecule has 2 aromatic rings. The highest BCUT2D eigenvalue weighted by atomic mass is 32.1. The third-order valence-electron chi connectivity index (χ3n) is 3.49. The van der Waals surface area contributed by atoms with Crippen LogP contribution in [0.4, 0.5) is 5.82 Å². The molecule has 118 valence electrons. The lowest BCUT2D eigenvalue weighted by atomic mass is 10.3. The van der Waals surface area contributed by atoms with Gasteiger partial charge in [0.15, 0.2) is 0 Å². The second-order valence-electron chi connectivity index (χ2n) is 5.13. The number of rotatable bonds is 5. The molecule has 1 aliphatic heterocycles. The van der Waals surface area contributed by atoms with Gasteiger partial charge in [-0.2, -0.15) is 5.10 Å². The molecule has 8 heteroatoms. The van der Waals surface area contributed by atoms with Crippen LogP contribution in [-0.4, -0.2) is 51.9 Å². The smallest absolute Gasteiger partial charge is 0.244 e. The van der Waals surface area contributed by atoms with Crippen LogP contribution in [0.25, 0.3) is 0 Å². The number of carbonyl (C=O) groups excluding carboxylic acids is 1. The van der Waals surface area contributed by atoms with Gasteiger partial charge in [0.1, 0.15) is 17.4 Å². The van der Waals surface area contributed by atoms with Crippen LogP contribution >= 0.6 is 11.3 Å². The summed E-state index contributed by atoms with van der Waals surface area (Å²) in [6, 6.07) is 1.97. The highest BCUT2D eigenvalue weighted by Gasteiger charge is 2.17. The number of morpholine rings is 1. The van der Waals surface area contributed by atoms with Gasteiger partial charge in [0.2, 0.25) is 5.91 Å². The molecule has 0 aromatic carbocycles. The van der Waals surface area contributed by atoms with E-state index in [0.717, 1.165) is 10.8 Å². The Morgan fingerprint density at radius 3 is 3.05 bits per heavy atom. The van der Waals surface area contributed by atoms with Crippen molar-refractivity contribution in [3.8, 4) is 0 Å². The zero-order chi connectivity index (χ0) is 15.4. The lowest BCUT2D eigenvalue weighted by Gasteiger charge is -2.26. The van der Waals surface area contributed by atoms with Crippen molar-refractivity contribution in [2.75, 3.05) is 31.6 Å². The van der Waals surface area contributed by atoms with E-state index in [1.54, 1.807) is 22.2 Å². The average Bonchev–Trinajstić information content (AvgIpc) is 3.20. The average molecular weight is 321 g/mol. The molecule has 1 N–H and O–H groups in total. The van der Waals surface area contributed by atoms with Gasteiger partial charge in [-0.15, -0.1) is 11.3 Å². The topological polar surface area (TPSA) is 72.3 Å². The van der Waals surface area contributed by atoms with Crippen molar-refractivity contribution in [1.29, 1.82) is 0 Å². The fourth-order valence-corrected chi connectivity index (χ4v) is 2.96. The number of nitrogens with zero attached hydrogens (tertiary/aromatic N) is 4. The molecule has 1 amide bonds. The van der Waals surface area contributed by atoms with Crippen LogP contribution in [0.5, 0.6) is 0 Å². The van der Waals surface area contributed by atoms with Gasteiger partial charge in [0.05, 0.1) is 19.3 Å². The molecule has 1 aliphatic rings. The minimum absolute atomic E-state index is 0.0749. The summed E-state index contributed by atoms with van der Waals surface area (Å²) in [5.41, 5.74) is 0. The molecule has 0 spiro atoms. The number of hydrogen-bond acceptors (Lipinski definition) is 6. The van der Waals surface area contributed by atoms with Crippen LogP contribution in [0.3, 0.4) is 0 Å². The monoisotopic (exact) mass is 321 g/mol. The molecule has 0 bridgehead atoms. The van der Waals surface area contributed by atoms with Gasteiger partial charge >= 0.3 is 0 Å². The predicted octanol–water partition coefficient (Wildman–Crippen LogP) is 1.37. The Labute approximate surface area is 132 Å². The Kier molecular flexibility index (Phi) is 4.69. The first-order valence-electron chi connectivity index (χ1n) is 7.27. The van der Waals surface area contributed by atoms with Crippen LogP contribution in [0.15, 0.2) is 23.8 Å². The molecule has 1 unspecified atom stereocenters. The fourth-order valence-electron chi connectivity index (χ4n) is 2.31. The van der Waals surface area contributed by atoms with Crippen LogP contribution in [0.1, 0.15) is 18.0 Å². The van der Waals surface area contributed by atoms with Crippen molar-refractivity contribution in [1.82, 2.24) is 19.7 Å². The summed E-state index contributed by atoms with van der Waals surface area (Å²) < 4.78 is 6.91. The highest BCUT2D eigenvalue weighted by Crippen LogP contribution is 2.19.